The molecule has 3 rings (SSSR count). The Bertz CT molecular complexity index is 806. The van der Waals surface area contributed by atoms with E-state index in [0.717, 1.165) is 34.1 Å². The predicted molar refractivity (Wildman–Crippen MR) is 95.1 cm³/mol. The maximum atomic E-state index is 13.2. The zero-order chi connectivity index (χ0) is 16.8. The van der Waals surface area contributed by atoms with Crippen molar-refractivity contribution in [1.29, 1.82) is 0 Å². The van der Waals surface area contributed by atoms with Crippen molar-refractivity contribution in [3.8, 4) is 16.3 Å². The summed E-state index contributed by atoms with van der Waals surface area (Å²) >= 11 is 1.59. The van der Waals surface area contributed by atoms with Crippen LogP contribution in [0.2, 0.25) is 0 Å². The van der Waals surface area contributed by atoms with Crippen LogP contribution in [0.1, 0.15) is 12.5 Å². The lowest BCUT2D eigenvalue weighted by atomic mass is 10.1. The number of benzene rings is 1. The zero-order valence-corrected chi connectivity index (χ0v) is 14.1. The van der Waals surface area contributed by atoms with Crippen molar-refractivity contribution >= 4 is 17.2 Å². The van der Waals surface area contributed by atoms with Crippen molar-refractivity contribution in [2.24, 2.45) is 0 Å². The molecule has 0 amide bonds. The molecule has 0 spiro atoms. The highest BCUT2D eigenvalue weighted by atomic mass is 32.1. The van der Waals surface area contributed by atoms with Crippen LogP contribution in [0.4, 0.5) is 10.2 Å². The minimum Gasteiger partial charge on any atom is -0.493 e. The Balaban J connectivity index is 1.62. The van der Waals surface area contributed by atoms with Gasteiger partial charge in [-0.1, -0.05) is 12.1 Å². The molecule has 0 aliphatic rings. The van der Waals surface area contributed by atoms with Gasteiger partial charge in [0.2, 0.25) is 0 Å². The molecule has 0 radical (unpaired) electrons. The molecule has 2 aromatic heterocycles. The van der Waals surface area contributed by atoms with Gasteiger partial charge in [-0.15, -0.1) is 11.3 Å². The topological polar surface area (TPSA) is 47.0 Å². The van der Waals surface area contributed by atoms with E-state index < -0.39 is 0 Å². The first-order chi connectivity index (χ1) is 11.7. The fourth-order valence-electron chi connectivity index (χ4n) is 2.31. The third-order valence-corrected chi connectivity index (χ3v) is 4.35. The molecule has 0 saturated carbocycles. The van der Waals surface area contributed by atoms with Gasteiger partial charge in [-0.25, -0.2) is 14.4 Å². The highest BCUT2D eigenvalue weighted by Gasteiger charge is 2.06. The van der Waals surface area contributed by atoms with Gasteiger partial charge >= 0.3 is 0 Å². The van der Waals surface area contributed by atoms with Crippen LogP contribution in [0.5, 0.6) is 5.75 Å². The number of hydrogen-bond acceptors (Lipinski definition) is 5. The first-order valence-corrected chi connectivity index (χ1v) is 8.64. The van der Waals surface area contributed by atoms with Crippen molar-refractivity contribution in [2.75, 3.05) is 18.5 Å². The Morgan fingerprint density at radius 1 is 1.21 bits per heavy atom. The lowest BCUT2D eigenvalue weighted by Crippen LogP contribution is -2.06. The number of aromatic nitrogens is 2. The first-order valence-electron chi connectivity index (χ1n) is 7.76. The zero-order valence-electron chi connectivity index (χ0n) is 13.3. The van der Waals surface area contributed by atoms with Crippen molar-refractivity contribution in [1.82, 2.24) is 9.97 Å². The third kappa shape index (κ3) is 4.29. The number of halogens is 1. The molecule has 2 heterocycles. The highest BCUT2D eigenvalue weighted by molar-refractivity contribution is 7.13. The molecule has 4 nitrogen and oxygen atoms in total. The van der Waals surface area contributed by atoms with Gasteiger partial charge in [0, 0.05) is 24.1 Å². The van der Waals surface area contributed by atoms with Gasteiger partial charge in [0.15, 0.2) is 0 Å². The fourth-order valence-corrected chi connectivity index (χ4v) is 3.11. The highest BCUT2D eigenvalue weighted by Crippen LogP contribution is 2.30. The van der Waals surface area contributed by atoms with Crippen LogP contribution in [-0.2, 0) is 6.42 Å². The van der Waals surface area contributed by atoms with Crippen molar-refractivity contribution in [3.63, 3.8) is 0 Å². The lowest BCUT2D eigenvalue weighted by molar-refractivity contribution is 0.342. The smallest absolute Gasteiger partial charge is 0.130 e. The number of nitrogens with one attached hydrogen (secondary N) is 1. The molecule has 0 aliphatic carbocycles. The Morgan fingerprint density at radius 3 is 2.96 bits per heavy atom. The Labute approximate surface area is 144 Å². The second-order valence-electron chi connectivity index (χ2n) is 5.17. The number of anilines is 1. The molecule has 0 fully saturated rings. The van der Waals surface area contributed by atoms with Gasteiger partial charge in [-0.05, 0) is 31.0 Å². The Morgan fingerprint density at radius 2 is 2.12 bits per heavy atom. The molecule has 0 saturated heterocycles. The van der Waals surface area contributed by atoms with E-state index in [1.54, 1.807) is 29.8 Å². The molecule has 1 aromatic carbocycles. The number of nitrogens with zero attached hydrogens (tertiary/aromatic N) is 2. The van der Waals surface area contributed by atoms with Crippen molar-refractivity contribution in [2.45, 2.75) is 13.3 Å². The van der Waals surface area contributed by atoms with Gasteiger partial charge in [0.1, 0.15) is 23.7 Å². The average Bonchev–Trinajstić information content (AvgIpc) is 3.04. The molecular weight excluding hydrogens is 325 g/mol. The van der Waals surface area contributed by atoms with E-state index in [0.29, 0.717) is 13.2 Å². The van der Waals surface area contributed by atoms with Crippen molar-refractivity contribution in [3.05, 3.63) is 59.5 Å². The summed E-state index contributed by atoms with van der Waals surface area (Å²) in [6.07, 6.45) is 2.27. The average molecular weight is 343 g/mol. The quantitative estimate of drug-likeness (QED) is 0.691. The summed E-state index contributed by atoms with van der Waals surface area (Å²) in [5, 5.41) is 5.22. The summed E-state index contributed by atoms with van der Waals surface area (Å²) in [4.78, 5) is 9.59. The normalized spacial score (nSPS) is 10.6. The van der Waals surface area contributed by atoms with E-state index in [1.807, 2.05) is 30.5 Å². The molecule has 6 heteroatoms. The lowest BCUT2D eigenvalue weighted by Gasteiger charge is -2.06. The van der Waals surface area contributed by atoms with Crippen LogP contribution in [0, 0.1) is 5.82 Å². The number of rotatable bonds is 7. The maximum Gasteiger partial charge on any atom is 0.130 e. The molecule has 124 valence electrons. The minimum absolute atomic E-state index is 0.209. The number of ether oxygens (including phenoxy) is 1. The van der Waals surface area contributed by atoms with Gasteiger partial charge in [0.05, 0.1) is 17.2 Å². The summed E-state index contributed by atoms with van der Waals surface area (Å²) in [6.45, 7) is 3.28. The van der Waals surface area contributed by atoms with E-state index in [9.17, 15) is 4.39 Å². The summed E-state index contributed by atoms with van der Waals surface area (Å²) in [5.74, 6) is 1.40. The molecule has 0 atom stereocenters. The van der Waals surface area contributed by atoms with Gasteiger partial charge < -0.3 is 10.1 Å². The van der Waals surface area contributed by atoms with Gasteiger partial charge in [0.25, 0.3) is 0 Å². The van der Waals surface area contributed by atoms with Crippen LogP contribution >= 0.6 is 11.3 Å². The minimum atomic E-state index is -0.209. The monoisotopic (exact) mass is 343 g/mol. The summed E-state index contributed by atoms with van der Waals surface area (Å²) in [5.41, 5.74) is 1.81. The van der Waals surface area contributed by atoms with Gasteiger partial charge in [-0.3, -0.25) is 0 Å². The van der Waals surface area contributed by atoms with E-state index >= 15 is 0 Å². The number of hydrogen-bond donors (Lipinski definition) is 1. The second-order valence-corrected chi connectivity index (χ2v) is 6.09. The molecule has 3 aromatic rings. The molecular formula is C18H18FN3OS. The molecule has 1 N–H and O–H groups in total. The Hall–Kier alpha value is -2.47. The van der Waals surface area contributed by atoms with E-state index in [1.165, 1.54) is 6.07 Å². The van der Waals surface area contributed by atoms with Crippen LogP contribution in [0.3, 0.4) is 0 Å². The Kier molecular flexibility index (Phi) is 5.38. The maximum absolute atomic E-state index is 13.2. The molecule has 0 aliphatic heterocycles. The molecule has 24 heavy (non-hydrogen) atoms. The summed E-state index contributed by atoms with van der Waals surface area (Å²) < 4.78 is 18.6. The largest absolute Gasteiger partial charge is 0.493 e. The summed E-state index contributed by atoms with van der Waals surface area (Å²) in [6, 6.07) is 10.5. The first kappa shape index (κ1) is 16.4. The van der Waals surface area contributed by atoms with E-state index in [4.69, 9.17) is 4.74 Å². The summed E-state index contributed by atoms with van der Waals surface area (Å²) in [7, 11) is 0. The molecule has 0 bridgehead atoms. The fraction of sp³-hybridized carbons (Fsp3) is 0.222. The van der Waals surface area contributed by atoms with Crippen LogP contribution in [0.15, 0.2) is 48.1 Å². The van der Waals surface area contributed by atoms with Crippen LogP contribution in [0.25, 0.3) is 10.6 Å². The van der Waals surface area contributed by atoms with Crippen molar-refractivity contribution < 1.29 is 9.13 Å². The SMILES string of the molecule is CCOc1csc(-c2cc(NCCc3cccc(F)c3)ncn2)c1. The van der Waals surface area contributed by atoms with Gasteiger partial charge in [-0.2, -0.15) is 0 Å². The third-order valence-electron chi connectivity index (χ3n) is 3.41. The van der Waals surface area contributed by atoms with Crippen LogP contribution < -0.4 is 10.1 Å². The molecule has 0 unspecified atom stereocenters. The van der Waals surface area contributed by atoms with E-state index in [2.05, 4.69) is 15.3 Å². The standard InChI is InChI=1S/C18H18FN3OS/c1-2-23-15-9-17(24-11-15)16-10-18(22-12-21-16)20-7-6-13-4-3-5-14(19)8-13/h3-5,8-12H,2,6-7H2,1H3,(H,20,21,22). The van der Waals surface area contributed by atoms with E-state index in [-0.39, 0.29) is 5.82 Å². The second kappa shape index (κ2) is 7.88. The predicted octanol–water partition coefficient (Wildman–Crippen LogP) is 4.40. The number of thiophene rings is 1. The van der Waals surface area contributed by atoms with Crippen LogP contribution in [-0.4, -0.2) is 23.1 Å².